The summed E-state index contributed by atoms with van der Waals surface area (Å²) in [6, 6.07) is 10.9. The normalized spacial score (nSPS) is 21.6. The van der Waals surface area contributed by atoms with Gasteiger partial charge in [-0.25, -0.2) is 9.97 Å². The van der Waals surface area contributed by atoms with Crippen LogP contribution in [-0.2, 0) is 19.7 Å². The van der Waals surface area contributed by atoms with E-state index in [0.717, 1.165) is 24.9 Å². The number of hydrogen-bond acceptors (Lipinski definition) is 10. The lowest BCUT2D eigenvalue weighted by molar-refractivity contribution is 0.0172. The fourth-order valence-electron chi connectivity index (χ4n) is 5.34. The molecule has 2 aliphatic heterocycles. The molecule has 2 saturated heterocycles. The predicted molar refractivity (Wildman–Crippen MR) is 132 cm³/mol. The zero-order valence-electron chi connectivity index (χ0n) is 20.3. The van der Waals surface area contributed by atoms with Gasteiger partial charge in [0.2, 0.25) is 5.88 Å². The first kappa shape index (κ1) is 24.1. The molecule has 2 atom stereocenters. The van der Waals surface area contributed by atoms with E-state index >= 15 is 0 Å². The molecule has 5 rings (SSSR count). The highest BCUT2D eigenvalue weighted by atomic mass is 16.5. The molecule has 0 spiro atoms. The first-order valence-corrected chi connectivity index (χ1v) is 12.3. The van der Waals surface area contributed by atoms with Gasteiger partial charge >= 0.3 is 0 Å². The SMILES string of the molecule is COc1cc(Nc2cc(CO)[nH]n2)nc(CNC2CC3CCCC(C2)N3Cc2ccnc(C#N)c2)n1. The van der Waals surface area contributed by atoms with Crippen molar-refractivity contribution in [2.24, 2.45) is 0 Å². The molecular formula is C25H31N9O2. The van der Waals surface area contributed by atoms with E-state index in [2.05, 4.69) is 46.8 Å². The number of ether oxygens (including phenoxy) is 1. The maximum Gasteiger partial charge on any atom is 0.218 e. The Balaban J connectivity index is 1.22. The van der Waals surface area contributed by atoms with Crippen molar-refractivity contribution in [1.29, 1.82) is 5.26 Å². The van der Waals surface area contributed by atoms with Gasteiger partial charge in [0.15, 0.2) is 5.82 Å². The van der Waals surface area contributed by atoms with Gasteiger partial charge < -0.3 is 20.5 Å². The average molecular weight is 490 g/mol. The van der Waals surface area contributed by atoms with Crippen LogP contribution in [0, 0.1) is 11.3 Å². The molecular weight excluding hydrogens is 458 g/mol. The van der Waals surface area contributed by atoms with Gasteiger partial charge in [0.25, 0.3) is 0 Å². The number of aromatic nitrogens is 5. The van der Waals surface area contributed by atoms with E-state index in [1.54, 1.807) is 25.4 Å². The summed E-state index contributed by atoms with van der Waals surface area (Å²) in [5.74, 6) is 2.26. The van der Waals surface area contributed by atoms with Crippen LogP contribution in [0.15, 0.2) is 30.5 Å². The summed E-state index contributed by atoms with van der Waals surface area (Å²) in [6.45, 7) is 1.29. The lowest BCUT2D eigenvalue weighted by Gasteiger charge is -2.49. The Hall–Kier alpha value is -3.59. The highest BCUT2D eigenvalue weighted by molar-refractivity contribution is 5.52. The van der Waals surface area contributed by atoms with Crippen molar-refractivity contribution < 1.29 is 9.84 Å². The minimum absolute atomic E-state index is 0.110. The second kappa shape index (κ2) is 11.0. The van der Waals surface area contributed by atoms with Crippen LogP contribution in [0.5, 0.6) is 5.88 Å². The monoisotopic (exact) mass is 489 g/mol. The molecule has 0 aliphatic carbocycles. The van der Waals surface area contributed by atoms with Crippen LogP contribution in [-0.4, -0.2) is 60.4 Å². The number of nitrogens with one attached hydrogen (secondary N) is 3. The van der Waals surface area contributed by atoms with Gasteiger partial charge in [0.05, 0.1) is 26.0 Å². The van der Waals surface area contributed by atoms with Crippen molar-refractivity contribution in [3.05, 3.63) is 53.2 Å². The number of anilines is 2. The molecule has 2 fully saturated rings. The minimum Gasteiger partial charge on any atom is -0.481 e. The van der Waals surface area contributed by atoms with Crippen LogP contribution in [0.1, 0.15) is 54.9 Å². The number of fused-ring (bicyclic) bond motifs is 2. The van der Waals surface area contributed by atoms with Crippen LogP contribution in [0.25, 0.3) is 0 Å². The number of aliphatic hydroxyl groups excluding tert-OH is 1. The van der Waals surface area contributed by atoms with Crippen LogP contribution in [0.3, 0.4) is 0 Å². The van der Waals surface area contributed by atoms with E-state index in [1.165, 1.54) is 19.3 Å². The van der Waals surface area contributed by atoms with E-state index in [1.807, 2.05) is 12.1 Å². The summed E-state index contributed by atoms with van der Waals surface area (Å²) < 4.78 is 5.38. The first-order valence-electron chi connectivity index (χ1n) is 12.3. The number of H-pyrrole nitrogens is 1. The van der Waals surface area contributed by atoms with Gasteiger partial charge in [-0.2, -0.15) is 15.3 Å². The van der Waals surface area contributed by atoms with Crippen LogP contribution in [0.2, 0.25) is 0 Å². The molecule has 188 valence electrons. The van der Waals surface area contributed by atoms with Crippen LogP contribution >= 0.6 is 0 Å². The second-order valence-corrected chi connectivity index (χ2v) is 9.39. The zero-order valence-corrected chi connectivity index (χ0v) is 20.3. The molecule has 0 amide bonds. The topological polar surface area (TPSA) is 148 Å². The summed E-state index contributed by atoms with van der Waals surface area (Å²) in [5, 5.41) is 32.1. The first-order chi connectivity index (χ1) is 17.6. The highest BCUT2D eigenvalue weighted by Crippen LogP contribution is 2.35. The van der Waals surface area contributed by atoms with E-state index < -0.39 is 0 Å². The van der Waals surface area contributed by atoms with Crippen molar-refractivity contribution in [2.45, 2.75) is 69.9 Å². The Morgan fingerprint density at radius 3 is 2.75 bits per heavy atom. The molecule has 11 nitrogen and oxygen atoms in total. The number of nitrogens with zero attached hydrogens (tertiary/aromatic N) is 6. The molecule has 4 N–H and O–H groups in total. The van der Waals surface area contributed by atoms with E-state index in [4.69, 9.17) is 4.74 Å². The van der Waals surface area contributed by atoms with Gasteiger partial charge in [-0.3, -0.25) is 10.00 Å². The maximum atomic E-state index is 9.24. The van der Waals surface area contributed by atoms with Crippen molar-refractivity contribution in [1.82, 2.24) is 35.4 Å². The summed E-state index contributed by atoms with van der Waals surface area (Å²) in [6.07, 6.45) is 7.50. The van der Waals surface area contributed by atoms with Crippen molar-refractivity contribution in [2.75, 3.05) is 12.4 Å². The van der Waals surface area contributed by atoms with Gasteiger partial charge in [0.1, 0.15) is 23.4 Å². The third-order valence-corrected chi connectivity index (χ3v) is 6.99. The molecule has 11 heteroatoms. The summed E-state index contributed by atoms with van der Waals surface area (Å²) >= 11 is 0. The quantitative estimate of drug-likeness (QED) is 0.353. The van der Waals surface area contributed by atoms with Crippen molar-refractivity contribution >= 4 is 11.6 Å². The summed E-state index contributed by atoms with van der Waals surface area (Å²) in [5.41, 5.74) is 2.24. The second-order valence-electron chi connectivity index (χ2n) is 9.39. The third kappa shape index (κ3) is 5.62. The van der Waals surface area contributed by atoms with Gasteiger partial charge in [-0.1, -0.05) is 6.42 Å². The van der Waals surface area contributed by atoms with E-state index in [0.29, 0.717) is 59.4 Å². The van der Waals surface area contributed by atoms with E-state index in [9.17, 15) is 10.4 Å². The summed E-state index contributed by atoms with van der Waals surface area (Å²) in [7, 11) is 1.58. The Morgan fingerprint density at radius 1 is 1.19 bits per heavy atom. The molecule has 2 unspecified atom stereocenters. The maximum absolute atomic E-state index is 9.24. The Bertz CT molecular complexity index is 1210. The smallest absolute Gasteiger partial charge is 0.218 e. The Labute approximate surface area is 209 Å². The lowest BCUT2D eigenvalue weighted by atomic mass is 9.81. The molecule has 3 aromatic heterocycles. The fourth-order valence-corrected chi connectivity index (χ4v) is 5.34. The minimum atomic E-state index is -0.110. The number of aromatic amines is 1. The third-order valence-electron chi connectivity index (χ3n) is 6.99. The zero-order chi connectivity index (χ0) is 24.9. The van der Waals surface area contributed by atoms with Crippen molar-refractivity contribution in [3.8, 4) is 11.9 Å². The van der Waals surface area contributed by atoms with Crippen LogP contribution < -0.4 is 15.4 Å². The largest absolute Gasteiger partial charge is 0.481 e. The molecule has 2 aliphatic rings. The van der Waals surface area contributed by atoms with Gasteiger partial charge in [-0.05, 0) is 43.4 Å². The molecule has 0 aromatic carbocycles. The number of aliphatic hydroxyl groups is 1. The number of rotatable bonds is 9. The number of pyridine rings is 1. The van der Waals surface area contributed by atoms with Gasteiger partial charge in [-0.15, -0.1) is 0 Å². The molecule has 0 saturated carbocycles. The standard InChI is InChI=1S/C25H31N9O2/c1-36-25-11-22(29-23-10-19(15-35)32-33-23)30-24(31-25)13-28-17-8-20-3-2-4-21(9-17)34(20)14-16-5-6-27-18(7-16)12-26/h5-7,10-11,17,20-21,28,35H,2-4,8-9,13-15H2,1H3,(H2,29,30,31,32,33). The number of methoxy groups -OCH3 is 1. The number of nitriles is 1. The molecule has 0 radical (unpaired) electrons. The van der Waals surface area contributed by atoms with Crippen LogP contribution in [0.4, 0.5) is 11.6 Å². The van der Waals surface area contributed by atoms with Gasteiger partial charge in [0, 0.05) is 43.0 Å². The molecule has 5 heterocycles. The lowest BCUT2D eigenvalue weighted by Crippen LogP contribution is -2.55. The fraction of sp³-hybridized carbons (Fsp3) is 0.480. The van der Waals surface area contributed by atoms with E-state index in [-0.39, 0.29) is 6.61 Å². The predicted octanol–water partition coefficient (Wildman–Crippen LogP) is 2.39. The highest BCUT2D eigenvalue weighted by Gasteiger charge is 2.38. The average Bonchev–Trinajstić information content (AvgIpc) is 3.35. The molecule has 36 heavy (non-hydrogen) atoms. The molecule has 3 aromatic rings. The Morgan fingerprint density at radius 2 is 2.03 bits per heavy atom. The van der Waals surface area contributed by atoms with Crippen molar-refractivity contribution in [3.63, 3.8) is 0 Å². The number of hydrogen-bond donors (Lipinski definition) is 4. The number of piperidine rings is 2. The summed E-state index contributed by atoms with van der Waals surface area (Å²) in [4.78, 5) is 15.9. The Kier molecular flexibility index (Phi) is 7.36. The molecule has 2 bridgehead atoms.